The molecule has 0 atom stereocenters. The molecule has 0 aliphatic heterocycles. The summed E-state index contributed by atoms with van der Waals surface area (Å²) in [4.78, 5) is 11.4. The first-order valence-electron chi connectivity index (χ1n) is 5.71. The van der Waals surface area contributed by atoms with Gasteiger partial charge in [0.05, 0.1) is 7.11 Å². The van der Waals surface area contributed by atoms with Crippen molar-refractivity contribution in [3.63, 3.8) is 0 Å². The monoisotopic (exact) mass is 239 g/mol. The standard InChI is InChI=1S/C13H18FNO2/c1-17-12-7-5-10(13(14)9-12)4-6-11(16)3-2-8-15/h5,7,9H,2-4,6,8,15H2,1H3. The van der Waals surface area contributed by atoms with Crippen LogP contribution in [0, 0.1) is 5.82 Å². The van der Waals surface area contributed by atoms with Gasteiger partial charge in [-0.05, 0) is 31.0 Å². The van der Waals surface area contributed by atoms with Crippen LogP contribution in [0.3, 0.4) is 0 Å². The number of Topliss-reactive ketones (excluding diaryl/α,β-unsaturated/α-hetero) is 1. The second-order valence-corrected chi connectivity index (χ2v) is 3.89. The van der Waals surface area contributed by atoms with Crippen molar-refractivity contribution in [2.45, 2.75) is 25.7 Å². The third-order valence-electron chi connectivity index (χ3n) is 2.59. The molecular formula is C13H18FNO2. The lowest BCUT2D eigenvalue weighted by Gasteiger charge is -2.05. The number of hydrogen-bond donors (Lipinski definition) is 1. The van der Waals surface area contributed by atoms with E-state index in [0.29, 0.717) is 43.5 Å². The van der Waals surface area contributed by atoms with Crippen LogP contribution in [0.1, 0.15) is 24.8 Å². The maximum Gasteiger partial charge on any atom is 0.133 e. The van der Waals surface area contributed by atoms with E-state index >= 15 is 0 Å². The summed E-state index contributed by atoms with van der Waals surface area (Å²) in [7, 11) is 1.49. The van der Waals surface area contributed by atoms with Gasteiger partial charge in [0.15, 0.2) is 0 Å². The smallest absolute Gasteiger partial charge is 0.133 e. The molecule has 17 heavy (non-hydrogen) atoms. The van der Waals surface area contributed by atoms with Crippen LogP contribution in [-0.4, -0.2) is 19.4 Å². The molecule has 0 saturated carbocycles. The quantitative estimate of drug-likeness (QED) is 0.792. The number of benzene rings is 1. The number of methoxy groups -OCH3 is 1. The van der Waals surface area contributed by atoms with Crippen molar-refractivity contribution < 1.29 is 13.9 Å². The zero-order valence-corrected chi connectivity index (χ0v) is 10.0. The Bertz CT molecular complexity index is 380. The minimum Gasteiger partial charge on any atom is -0.497 e. The zero-order valence-electron chi connectivity index (χ0n) is 10.0. The molecule has 0 fully saturated rings. The number of ketones is 1. The number of rotatable bonds is 7. The highest BCUT2D eigenvalue weighted by atomic mass is 19.1. The van der Waals surface area contributed by atoms with Gasteiger partial charge in [-0.2, -0.15) is 0 Å². The van der Waals surface area contributed by atoms with Gasteiger partial charge in [0.2, 0.25) is 0 Å². The molecule has 0 heterocycles. The van der Waals surface area contributed by atoms with Crippen LogP contribution in [0.25, 0.3) is 0 Å². The molecule has 1 aromatic rings. The maximum absolute atomic E-state index is 13.5. The summed E-state index contributed by atoms with van der Waals surface area (Å²) in [5.74, 6) is 0.294. The third kappa shape index (κ3) is 4.53. The fourth-order valence-corrected chi connectivity index (χ4v) is 1.56. The second kappa shape index (κ2) is 7.01. The highest BCUT2D eigenvalue weighted by molar-refractivity contribution is 5.78. The van der Waals surface area contributed by atoms with Gasteiger partial charge in [-0.15, -0.1) is 0 Å². The van der Waals surface area contributed by atoms with E-state index in [4.69, 9.17) is 10.5 Å². The lowest BCUT2D eigenvalue weighted by molar-refractivity contribution is -0.119. The summed E-state index contributed by atoms with van der Waals surface area (Å²) in [6.07, 6.45) is 1.97. The number of nitrogens with two attached hydrogens (primary N) is 1. The van der Waals surface area contributed by atoms with E-state index in [2.05, 4.69) is 0 Å². The summed E-state index contributed by atoms with van der Waals surface area (Å²) >= 11 is 0. The van der Waals surface area contributed by atoms with Crippen molar-refractivity contribution in [3.05, 3.63) is 29.6 Å². The molecular weight excluding hydrogens is 221 g/mol. The van der Waals surface area contributed by atoms with Crippen molar-refractivity contribution in [3.8, 4) is 5.75 Å². The largest absolute Gasteiger partial charge is 0.497 e. The van der Waals surface area contributed by atoms with E-state index in [9.17, 15) is 9.18 Å². The Morgan fingerprint density at radius 1 is 1.41 bits per heavy atom. The first-order valence-corrected chi connectivity index (χ1v) is 5.71. The maximum atomic E-state index is 13.5. The van der Waals surface area contributed by atoms with Gasteiger partial charge >= 0.3 is 0 Å². The summed E-state index contributed by atoms with van der Waals surface area (Å²) in [5.41, 5.74) is 5.86. The molecule has 94 valence electrons. The van der Waals surface area contributed by atoms with Gasteiger partial charge in [0.25, 0.3) is 0 Å². The summed E-state index contributed by atoms with van der Waals surface area (Å²) in [6.45, 7) is 0.517. The first kappa shape index (κ1) is 13.6. The molecule has 3 nitrogen and oxygen atoms in total. The Morgan fingerprint density at radius 2 is 2.18 bits per heavy atom. The first-order chi connectivity index (χ1) is 8.17. The van der Waals surface area contributed by atoms with E-state index in [1.165, 1.54) is 13.2 Å². The summed E-state index contributed by atoms with van der Waals surface area (Å²) in [5, 5.41) is 0. The van der Waals surface area contributed by atoms with Gasteiger partial charge in [-0.1, -0.05) is 6.07 Å². The summed E-state index contributed by atoms with van der Waals surface area (Å²) < 4.78 is 18.4. The number of ether oxygens (including phenoxy) is 1. The molecule has 0 radical (unpaired) electrons. The highest BCUT2D eigenvalue weighted by Crippen LogP contribution is 2.17. The number of carbonyl (C=O) groups excluding carboxylic acids is 1. The van der Waals surface area contributed by atoms with Gasteiger partial charge in [0.1, 0.15) is 17.3 Å². The Labute approximate surface area is 101 Å². The van der Waals surface area contributed by atoms with Gasteiger partial charge in [-0.25, -0.2) is 4.39 Å². The predicted molar refractivity (Wildman–Crippen MR) is 64.6 cm³/mol. The van der Waals surface area contributed by atoms with Crippen molar-refractivity contribution in [2.24, 2.45) is 5.73 Å². The van der Waals surface area contributed by atoms with Crippen LogP contribution in [-0.2, 0) is 11.2 Å². The van der Waals surface area contributed by atoms with Gasteiger partial charge in [-0.3, -0.25) is 4.79 Å². The fraction of sp³-hybridized carbons (Fsp3) is 0.462. The average molecular weight is 239 g/mol. The number of aryl methyl sites for hydroxylation is 1. The molecule has 1 aromatic carbocycles. The molecule has 0 aliphatic carbocycles. The Hall–Kier alpha value is -1.42. The number of carbonyl (C=O) groups is 1. The highest BCUT2D eigenvalue weighted by Gasteiger charge is 2.07. The second-order valence-electron chi connectivity index (χ2n) is 3.89. The lowest BCUT2D eigenvalue weighted by atomic mass is 10.0. The van der Waals surface area contributed by atoms with E-state index in [1.807, 2.05) is 0 Å². The predicted octanol–water partition coefficient (Wildman–Crippen LogP) is 2.07. The zero-order chi connectivity index (χ0) is 12.7. The van der Waals surface area contributed by atoms with Crippen molar-refractivity contribution in [1.82, 2.24) is 0 Å². The molecule has 0 bridgehead atoms. The van der Waals surface area contributed by atoms with Crippen molar-refractivity contribution in [2.75, 3.05) is 13.7 Å². The lowest BCUT2D eigenvalue weighted by Crippen LogP contribution is -2.06. The van der Waals surface area contributed by atoms with E-state index in [-0.39, 0.29) is 11.6 Å². The molecule has 0 saturated heterocycles. The van der Waals surface area contributed by atoms with Crippen LogP contribution in [0.5, 0.6) is 5.75 Å². The Morgan fingerprint density at radius 3 is 2.76 bits per heavy atom. The fourth-order valence-electron chi connectivity index (χ4n) is 1.56. The minimum atomic E-state index is -0.323. The number of halogens is 1. The Balaban J connectivity index is 2.49. The molecule has 0 unspecified atom stereocenters. The number of hydrogen-bond acceptors (Lipinski definition) is 3. The van der Waals surface area contributed by atoms with Crippen LogP contribution in [0.15, 0.2) is 18.2 Å². The topological polar surface area (TPSA) is 52.3 Å². The van der Waals surface area contributed by atoms with E-state index < -0.39 is 0 Å². The van der Waals surface area contributed by atoms with Crippen molar-refractivity contribution >= 4 is 5.78 Å². The van der Waals surface area contributed by atoms with Crippen LogP contribution in [0.2, 0.25) is 0 Å². The average Bonchev–Trinajstić information content (AvgIpc) is 2.34. The normalized spacial score (nSPS) is 10.3. The van der Waals surface area contributed by atoms with Crippen molar-refractivity contribution in [1.29, 1.82) is 0 Å². The molecule has 0 spiro atoms. The molecule has 1 rings (SSSR count). The SMILES string of the molecule is COc1ccc(CCC(=O)CCCN)c(F)c1. The van der Waals surface area contributed by atoms with Gasteiger partial charge < -0.3 is 10.5 Å². The third-order valence-corrected chi connectivity index (χ3v) is 2.59. The molecule has 0 amide bonds. The van der Waals surface area contributed by atoms with Crippen LogP contribution >= 0.6 is 0 Å². The molecule has 0 aromatic heterocycles. The minimum absolute atomic E-state index is 0.130. The molecule has 4 heteroatoms. The van der Waals surface area contributed by atoms with Crippen LogP contribution < -0.4 is 10.5 Å². The Kier molecular flexibility index (Phi) is 5.63. The van der Waals surface area contributed by atoms with Gasteiger partial charge in [0, 0.05) is 18.9 Å². The van der Waals surface area contributed by atoms with Crippen LogP contribution in [0.4, 0.5) is 4.39 Å². The molecule has 0 aliphatic rings. The molecule has 2 N–H and O–H groups in total. The van der Waals surface area contributed by atoms with E-state index in [0.717, 1.165) is 0 Å². The van der Waals surface area contributed by atoms with E-state index in [1.54, 1.807) is 12.1 Å². The summed E-state index contributed by atoms with van der Waals surface area (Å²) in [6, 6.07) is 4.69.